The predicted octanol–water partition coefficient (Wildman–Crippen LogP) is 3.23. The fraction of sp³-hybridized carbons (Fsp3) is 0.471. The van der Waals surface area contributed by atoms with Crippen LogP contribution in [0, 0.1) is 12.8 Å². The monoisotopic (exact) mass is 288 g/mol. The van der Waals surface area contributed by atoms with Crippen LogP contribution in [0.3, 0.4) is 0 Å². The van der Waals surface area contributed by atoms with Crippen molar-refractivity contribution in [1.82, 2.24) is 0 Å². The zero-order chi connectivity index (χ0) is 15.0. The number of carbonyl (C=O) groups excluding carboxylic acids is 1. The molecule has 1 fully saturated rings. The highest BCUT2D eigenvalue weighted by Crippen LogP contribution is 2.33. The van der Waals surface area contributed by atoms with Gasteiger partial charge in [0.05, 0.1) is 12.7 Å². The van der Waals surface area contributed by atoms with Crippen LogP contribution in [0.25, 0.3) is 11.0 Å². The molecule has 0 spiro atoms. The van der Waals surface area contributed by atoms with Gasteiger partial charge in [-0.2, -0.15) is 0 Å². The summed E-state index contributed by atoms with van der Waals surface area (Å²) in [6.45, 7) is 3.93. The summed E-state index contributed by atoms with van der Waals surface area (Å²) in [6, 6.07) is 5.96. The Morgan fingerprint density at radius 2 is 2.19 bits per heavy atom. The highest BCUT2D eigenvalue weighted by Gasteiger charge is 2.27. The van der Waals surface area contributed by atoms with Crippen LogP contribution in [0.15, 0.2) is 22.6 Å². The molecule has 1 N–H and O–H groups in total. The lowest BCUT2D eigenvalue weighted by Gasteiger charge is -2.31. The molecule has 2 aromatic rings. The van der Waals surface area contributed by atoms with Gasteiger partial charge in [0, 0.05) is 5.39 Å². The van der Waals surface area contributed by atoms with Crippen molar-refractivity contribution in [2.75, 3.05) is 6.61 Å². The third-order valence-corrected chi connectivity index (χ3v) is 4.14. The van der Waals surface area contributed by atoms with Gasteiger partial charge in [0.2, 0.25) is 0 Å². The fourth-order valence-corrected chi connectivity index (χ4v) is 3.05. The minimum absolute atomic E-state index is 0.134. The van der Waals surface area contributed by atoms with Gasteiger partial charge in [-0.1, -0.05) is 6.07 Å². The average Bonchev–Trinajstić information content (AvgIpc) is 2.72. The van der Waals surface area contributed by atoms with Crippen LogP contribution in [0.4, 0.5) is 0 Å². The molecule has 1 aromatic heterocycles. The van der Waals surface area contributed by atoms with E-state index >= 15 is 0 Å². The molecule has 0 unspecified atom stereocenters. The SMILES string of the molecule is CCOC(=O)c1c(C)oc2ccc(CC3CC(O)C3)cc12. The Morgan fingerprint density at radius 1 is 1.43 bits per heavy atom. The number of benzene rings is 1. The van der Waals surface area contributed by atoms with E-state index in [0.29, 0.717) is 29.4 Å². The average molecular weight is 288 g/mol. The number of aliphatic hydroxyl groups excluding tert-OH is 1. The number of carbonyl (C=O) groups is 1. The predicted molar refractivity (Wildman–Crippen MR) is 79.3 cm³/mol. The van der Waals surface area contributed by atoms with E-state index in [-0.39, 0.29) is 12.1 Å². The molecule has 0 bridgehead atoms. The first-order valence-electron chi connectivity index (χ1n) is 7.45. The minimum Gasteiger partial charge on any atom is -0.462 e. The second-order valence-electron chi connectivity index (χ2n) is 5.78. The van der Waals surface area contributed by atoms with Gasteiger partial charge in [0.15, 0.2) is 0 Å². The summed E-state index contributed by atoms with van der Waals surface area (Å²) < 4.78 is 10.8. The van der Waals surface area contributed by atoms with E-state index < -0.39 is 0 Å². The third kappa shape index (κ3) is 2.68. The van der Waals surface area contributed by atoms with Crippen LogP contribution in [0.1, 0.15) is 41.4 Å². The van der Waals surface area contributed by atoms with E-state index in [1.54, 1.807) is 13.8 Å². The summed E-state index contributed by atoms with van der Waals surface area (Å²) in [5.41, 5.74) is 2.42. The van der Waals surface area contributed by atoms with Gasteiger partial charge in [-0.05, 0) is 56.7 Å². The minimum atomic E-state index is -0.329. The first-order valence-corrected chi connectivity index (χ1v) is 7.45. The van der Waals surface area contributed by atoms with Gasteiger partial charge in [-0.3, -0.25) is 0 Å². The molecule has 0 amide bonds. The molecule has 1 heterocycles. The molecule has 1 aliphatic carbocycles. The van der Waals surface area contributed by atoms with Crippen molar-refractivity contribution < 1.29 is 19.1 Å². The van der Waals surface area contributed by atoms with Crippen molar-refractivity contribution in [3.63, 3.8) is 0 Å². The first-order chi connectivity index (χ1) is 10.1. The molecule has 4 heteroatoms. The Hall–Kier alpha value is -1.81. The Bertz CT molecular complexity index is 665. The van der Waals surface area contributed by atoms with Crippen molar-refractivity contribution in [2.24, 2.45) is 5.92 Å². The number of hydrogen-bond acceptors (Lipinski definition) is 4. The van der Waals surface area contributed by atoms with Crippen molar-refractivity contribution in [3.8, 4) is 0 Å². The summed E-state index contributed by atoms with van der Waals surface area (Å²) >= 11 is 0. The summed E-state index contributed by atoms with van der Waals surface area (Å²) in [6.07, 6.45) is 2.53. The Balaban J connectivity index is 1.91. The quantitative estimate of drug-likeness (QED) is 0.877. The fourth-order valence-electron chi connectivity index (χ4n) is 3.05. The Morgan fingerprint density at radius 3 is 2.86 bits per heavy atom. The highest BCUT2D eigenvalue weighted by molar-refractivity contribution is 6.04. The lowest BCUT2D eigenvalue weighted by atomic mass is 9.78. The van der Waals surface area contributed by atoms with Crippen LogP contribution in [-0.2, 0) is 11.2 Å². The number of furan rings is 1. The number of rotatable bonds is 4. The molecule has 0 saturated heterocycles. The molecule has 1 aliphatic rings. The van der Waals surface area contributed by atoms with Gasteiger partial charge in [-0.25, -0.2) is 4.79 Å². The Labute approximate surface area is 123 Å². The van der Waals surface area contributed by atoms with Crippen LogP contribution in [-0.4, -0.2) is 23.8 Å². The standard InChI is InChI=1S/C17H20O4/c1-3-20-17(19)16-10(2)21-15-5-4-11(9-14(15)16)6-12-7-13(18)8-12/h4-5,9,12-13,18H,3,6-8H2,1-2H3. The first kappa shape index (κ1) is 14.1. The molecular weight excluding hydrogens is 268 g/mol. The van der Waals surface area contributed by atoms with Crippen molar-refractivity contribution in [3.05, 3.63) is 35.1 Å². The van der Waals surface area contributed by atoms with Crippen LogP contribution >= 0.6 is 0 Å². The summed E-state index contributed by atoms with van der Waals surface area (Å²) in [4.78, 5) is 12.1. The maximum Gasteiger partial charge on any atom is 0.342 e. The van der Waals surface area contributed by atoms with Gasteiger partial charge in [0.25, 0.3) is 0 Å². The number of hydrogen-bond donors (Lipinski definition) is 1. The lowest BCUT2D eigenvalue weighted by Crippen LogP contribution is -2.29. The Kier molecular flexibility index (Phi) is 3.72. The number of ether oxygens (including phenoxy) is 1. The maximum atomic E-state index is 12.1. The van der Waals surface area contributed by atoms with Crippen molar-refractivity contribution in [2.45, 2.75) is 39.2 Å². The third-order valence-electron chi connectivity index (χ3n) is 4.14. The molecule has 21 heavy (non-hydrogen) atoms. The van der Waals surface area contributed by atoms with Crippen molar-refractivity contribution in [1.29, 1.82) is 0 Å². The van der Waals surface area contributed by atoms with Crippen LogP contribution < -0.4 is 0 Å². The normalized spacial score (nSPS) is 21.3. The molecule has 3 rings (SSSR count). The molecular formula is C17H20O4. The van der Waals surface area contributed by atoms with Gasteiger partial charge >= 0.3 is 5.97 Å². The molecule has 0 atom stereocenters. The van der Waals surface area contributed by atoms with Crippen LogP contribution in [0.5, 0.6) is 0 Å². The molecule has 1 aromatic carbocycles. The molecule has 112 valence electrons. The van der Waals surface area contributed by atoms with E-state index in [9.17, 15) is 9.90 Å². The number of aliphatic hydroxyl groups is 1. The lowest BCUT2D eigenvalue weighted by molar-refractivity contribution is 0.0432. The molecule has 0 radical (unpaired) electrons. The maximum absolute atomic E-state index is 12.1. The van der Waals surface area contributed by atoms with Crippen molar-refractivity contribution >= 4 is 16.9 Å². The number of aryl methyl sites for hydroxylation is 1. The summed E-state index contributed by atoms with van der Waals surface area (Å²) in [5.74, 6) is 0.807. The van der Waals surface area contributed by atoms with Gasteiger partial charge < -0.3 is 14.3 Å². The molecule has 1 saturated carbocycles. The topological polar surface area (TPSA) is 59.7 Å². The molecule has 4 nitrogen and oxygen atoms in total. The van der Waals surface area contributed by atoms with E-state index in [4.69, 9.17) is 9.15 Å². The molecule has 0 aliphatic heterocycles. The van der Waals surface area contributed by atoms with E-state index in [0.717, 1.165) is 24.6 Å². The largest absolute Gasteiger partial charge is 0.462 e. The summed E-state index contributed by atoms with van der Waals surface area (Å²) in [7, 11) is 0. The van der Waals surface area contributed by atoms with E-state index in [2.05, 4.69) is 0 Å². The smallest absolute Gasteiger partial charge is 0.342 e. The van der Waals surface area contributed by atoms with Gasteiger partial charge in [0.1, 0.15) is 16.9 Å². The number of fused-ring (bicyclic) bond motifs is 1. The van der Waals surface area contributed by atoms with Gasteiger partial charge in [-0.15, -0.1) is 0 Å². The van der Waals surface area contributed by atoms with Crippen LogP contribution in [0.2, 0.25) is 0 Å². The zero-order valence-corrected chi connectivity index (χ0v) is 12.4. The van der Waals surface area contributed by atoms with E-state index in [1.165, 1.54) is 5.56 Å². The second-order valence-corrected chi connectivity index (χ2v) is 5.78. The second kappa shape index (κ2) is 5.53. The van der Waals surface area contributed by atoms with E-state index in [1.807, 2.05) is 18.2 Å². The highest BCUT2D eigenvalue weighted by atomic mass is 16.5. The zero-order valence-electron chi connectivity index (χ0n) is 12.4. The number of esters is 1. The summed E-state index contributed by atoms with van der Waals surface area (Å²) in [5, 5.41) is 10.2.